The summed E-state index contributed by atoms with van der Waals surface area (Å²) in [4.78, 5) is 7.20. The Morgan fingerprint density at radius 3 is 2.71 bits per heavy atom. The van der Waals surface area contributed by atoms with Crippen molar-refractivity contribution >= 4 is 34.2 Å². The quantitative estimate of drug-likeness (QED) is 0.756. The van der Waals surface area contributed by atoms with Crippen LogP contribution in [0.25, 0.3) is 11.0 Å². The zero-order chi connectivity index (χ0) is 14.8. The van der Waals surface area contributed by atoms with Gasteiger partial charge >= 0.3 is 0 Å². The van der Waals surface area contributed by atoms with Crippen molar-refractivity contribution in [2.45, 2.75) is 38.1 Å². The number of aromatic nitrogens is 2. The van der Waals surface area contributed by atoms with Crippen LogP contribution in [0.3, 0.4) is 0 Å². The number of imidazole rings is 1. The van der Waals surface area contributed by atoms with Gasteiger partial charge in [0.25, 0.3) is 0 Å². The first-order chi connectivity index (χ1) is 10.1. The van der Waals surface area contributed by atoms with Gasteiger partial charge in [0.05, 0.1) is 16.4 Å². The Morgan fingerprint density at radius 1 is 1.24 bits per heavy atom. The average Bonchev–Trinajstić information content (AvgIpc) is 3.07. The maximum atomic E-state index is 6.30. The van der Waals surface area contributed by atoms with E-state index in [1.54, 1.807) is 0 Å². The summed E-state index contributed by atoms with van der Waals surface area (Å²) < 4.78 is 2.23. The largest absolute Gasteiger partial charge is 0.327 e. The minimum absolute atomic E-state index is 0.0945. The number of benzene rings is 1. The number of fused-ring (bicyclic) bond motifs is 1. The SMILES string of the molecule is CC(Cl)c1nc2ccc(Cl)cc2n1CCCN1CCCC1. The third kappa shape index (κ3) is 3.36. The van der Waals surface area contributed by atoms with Crippen LogP contribution < -0.4 is 0 Å². The molecule has 1 aliphatic rings. The van der Waals surface area contributed by atoms with Gasteiger partial charge < -0.3 is 9.47 Å². The minimum Gasteiger partial charge on any atom is -0.327 e. The van der Waals surface area contributed by atoms with E-state index in [4.69, 9.17) is 23.2 Å². The highest BCUT2D eigenvalue weighted by Crippen LogP contribution is 2.27. The molecule has 0 spiro atoms. The van der Waals surface area contributed by atoms with Crippen molar-refractivity contribution in [3.63, 3.8) is 0 Å². The van der Waals surface area contributed by atoms with Crippen molar-refractivity contribution in [2.24, 2.45) is 0 Å². The normalized spacial score (nSPS) is 17.7. The van der Waals surface area contributed by atoms with E-state index in [9.17, 15) is 0 Å². The zero-order valence-electron chi connectivity index (χ0n) is 12.4. The molecule has 21 heavy (non-hydrogen) atoms. The smallest absolute Gasteiger partial charge is 0.127 e. The van der Waals surface area contributed by atoms with E-state index in [-0.39, 0.29) is 5.38 Å². The molecule has 3 nitrogen and oxygen atoms in total. The number of hydrogen-bond donors (Lipinski definition) is 0. The molecule has 5 heteroatoms. The summed E-state index contributed by atoms with van der Waals surface area (Å²) in [5.41, 5.74) is 2.06. The molecule has 0 N–H and O–H groups in total. The highest BCUT2D eigenvalue weighted by molar-refractivity contribution is 6.31. The van der Waals surface area contributed by atoms with Crippen LogP contribution in [0.15, 0.2) is 18.2 Å². The third-order valence-electron chi connectivity index (χ3n) is 4.15. The van der Waals surface area contributed by atoms with Gasteiger partial charge in [-0.1, -0.05) is 11.6 Å². The van der Waals surface area contributed by atoms with E-state index in [0.29, 0.717) is 0 Å². The first-order valence-electron chi connectivity index (χ1n) is 7.67. The van der Waals surface area contributed by atoms with Crippen molar-refractivity contribution in [3.8, 4) is 0 Å². The summed E-state index contributed by atoms with van der Waals surface area (Å²) in [6.07, 6.45) is 3.80. The highest BCUT2D eigenvalue weighted by atomic mass is 35.5. The molecule has 1 aromatic heterocycles. The Hall–Kier alpha value is -0.770. The van der Waals surface area contributed by atoms with Gasteiger partial charge in [0, 0.05) is 11.6 Å². The first kappa shape index (κ1) is 15.1. The van der Waals surface area contributed by atoms with E-state index in [2.05, 4.69) is 14.5 Å². The van der Waals surface area contributed by atoms with Gasteiger partial charge in [-0.05, 0) is 64.0 Å². The molecule has 1 unspecified atom stereocenters. The van der Waals surface area contributed by atoms with E-state index >= 15 is 0 Å². The maximum Gasteiger partial charge on any atom is 0.127 e. The fourth-order valence-electron chi connectivity index (χ4n) is 3.11. The molecule has 0 aliphatic carbocycles. The van der Waals surface area contributed by atoms with Crippen molar-refractivity contribution in [1.29, 1.82) is 0 Å². The van der Waals surface area contributed by atoms with Crippen molar-refractivity contribution in [1.82, 2.24) is 14.5 Å². The van der Waals surface area contributed by atoms with Crippen LogP contribution in [0.2, 0.25) is 5.02 Å². The Balaban J connectivity index is 1.80. The molecule has 1 aliphatic heterocycles. The molecule has 0 radical (unpaired) electrons. The minimum atomic E-state index is -0.0945. The van der Waals surface area contributed by atoms with Crippen LogP contribution in [0.1, 0.15) is 37.4 Å². The summed E-state index contributed by atoms with van der Waals surface area (Å²) >= 11 is 12.4. The predicted octanol–water partition coefficient (Wildman–Crippen LogP) is 4.48. The molecule has 3 rings (SSSR count). The van der Waals surface area contributed by atoms with Crippen LogP contribution in [-0.2, 0) is 6.54 Å². The van der Waals surface area contributed by atoms with Crippen LogP contribution in [0.4, 0.5) is 0 Å². The van der Waals surface area contributed by atoms with Gasteiger partial charge in [-0.25, -0.2) is 4.98 Å². The lowest BCUT2D eigenvalue weighted by molar-refractivity contribution is 0.325. The number of halogens is 2. The Bertz CT molecular complexity index is 615. The van der Waals surface area contributed by atoms with Crippen molar-refractivity contribution in [2.75, 3.05) is 19.6 Å². The fourth-order valence-corrected chi connectivity index (χ4v) is 3.44. The molecule has 1 atom stereocenters. The van der Waals surface area contributed by atoms with E-state index in [0.717, 1.165) is 41.4 Å². The van der Waals surface area contributed by atoms with Gasteiger partial charge in [0.15, 0.2) is 0 Å². The second-order valence-electron chi connectivity index (χ2n) is 5.77. The highest BCUT2D eigenvalue weighted by Gasteiger charge is 2.16. The number of nitrogens with zero attached hydrogens (tertiary/aromatic N) is 3. The molecular weight excluding hydrogens is 305 g/mol. The predicted molar refractivity (Wildman–Crippen MR) is 89.3 cm³/mol. The summed E-state index contributed by atoms with van der Waals surface area (Å²) in [6.45, 7) is 6.56. The fraction of sp³-hybridized carbons (Fsp3) is 0.562. The summed E-state index contributed by atoms with van der Waals surface area (Å²) in [7, 11) is 0. The van der Waals surface area contributed by atoms with Crippen LogP contribution in [0.5, 0.6) is 0 Å². The monoisotopic (exact) mass is 325 g/mol. The molecule has 0 saturated carbocycles. The van der Waals surface area contributed by atoms with Crippen LogP contribution >= 0.6 is 23.2 Å². The lowest BCUT2D eigenvalue weighted by Gasteiger charge is -2.16. The topological polar surface area (TPSA) is 21.1 Å². The molecule has 1 aromatic carbocycles. The number of likely N-dealkylation sites (tertiary alicyclic amines) is 1. The van der Waals surface area contributed by atoms with Crippen molar-refractivity contribution < 1.29 is 0 Å². The van der Waals surface area contributed by atoms with Gasteiger partial charge in [-0.15, -0.1) is 11.6 Å². The second kappa shape index (κ2) is 6.55. The molecule has 1 saturated heterocycles. The summed E-state index contributed by atoms with van der Waals surface area (Å²) in [5.74, 6) is 0.940. The molecular formula is C16H21Cl2N3. The second-order valence-corrected chi connectivity index (χ2v) is 6.86. The van der Waals surface area contributed by atoms with Crippen LogP contribution in [-0.4, -0.2) is 34.1 Å². The number of alkyl halides is 1. The van der Waals surface area contributed by atoms with E-state index in [1.165, 1.54) is 25.9 Å². The average molecular weight is 326 g/mol. The third-order valence-corrected chi connectivity index (χ3v) is 4.58. The summed E-state index contributed by atoms with van der Waals surface area (Å²) in [6, 6.07) is 5.84. The first-order valence-corrected chi connectivity index (χ1v) is 8.48. The number of hydrogen-bond acceptors (Lipinski definition) is 2. The number of aryl methyl sites for hydroxylation is 1. The number of rotatable bonds is 5. The molecule has 2 heterocycles. The lowest BCUT2D eigenvalue weighted by atomic mass is 10.3. The molecule has 2 aromatic rings. The van der Waals surface area contributed by atoms with Gasteiger partial charge in [-0.3, -0.25) is 0 Å². The Kier molecular flexibility index (Phi) is 4.72. The van der Waals surface area contributed by atoms with Crippen LogP contribution in [0, 0.1) is 0 Å². The standard InChI is InChI=1S/C16H21Cl2N3/c1-12(17)16-19-14-6-5-13(18)11-15(14)21(16)10-4-9-20-7-2-3-8-20/h5-6,11-12H,2-4,7-10H2,1H3. The lowest BCUT2D eigenvalue weighted by Crippen LogP contribution is -2.21. The van der Waals surface area contributed by atoms with E-state index in [1.807, 2.05) is 25.1 Å². The molecule has 1 fully saturated rings. The Morgan fingerprint density at radius 2 is 2.00 bits per heavy atom. The maximum absolute atomic E-state index is 6.30. The van der Waals surface area contributed by atoms with Gasteiger partial charge in [-0.2, -0.15) is 0 Å². The van der Waals surface area contributed by atoms with E-state index < -0.39 is 0 Å². The molecule has 0 amide bonds. The van der Waals surface area contributed by atoms with Gasteiger partial charge in [0.2, 0.25) is 0 Å². The summed E-state index contributed by atoms with van der Waals surface area (Å²) in [5, 5.41) is 0.653. The van der Waals surface area contributed by atoms with Crippen molar-refractivity contribution in [3.05, 3.63) is 29.0 Å². The molecule has 0 bridgehead atoms. The zero-order valence-corrected chi connectivity index (χ0v) is 13.9. The molecule has 114 valence electrons. The van der Waals surface area contributed by atoms with Gasteiger partial charge in [0.1, 0.15) is 5.82 Å². The Labute approximate surface area is 135 Å².